The molecule has 0 aliphatic carbocycles. The number of nitrogens with zero attached hydrogens (tertiary/aromatic N) is 2. The lowest BCUT2D eigenvalue weighted by atomic mass is 10.1. The first-order chi connectivity index (χ1) is 9.20. The van der Waals surface area contributed by atoms with Crippen molar-refractivity contribution in [1.82, 2.24) is 14.9 Å². The number of imidazole rings is 1. The van der Waals surface area contributed by atoms with Crippen molar-refractivity contribution in [2.45, 2.75) is 32.9 Å². The first-order valence-electron chi connectivity index (χ1n) is 6.66. The van der Waals surface area contributed by atoms with Crippen LogP contribution in [0.5, 0.6) is 0 Å². The summed E-state index contributed by atoms with van der Waals surface area (Å²) in [5.74, 6) is -0.188. The van der Waals surface area contributed by atoms with Crippen LogP contribution in [0.3, 0.4) is 0 Å². The molecule has 0 saturated heterocycles. The minimum Gasteiger partial charge on any atom is -0.330 e. The summed E-state index contributed by atoms with van der Waals surface area (Å²) in [7, 11) is 0. The van der Waals surface area contributed by atoms with Crippen LogP contribution in [0.4, 0.5) is 4.39 Å². The van der Waals surface area contributed by atoms with Crippen LogP contribution < -0.4 is 5.32 Å². The van der Waals surface area contributed by atoms with E-state index in [1.165, 1.54) is 17.8 Å². The number of nitrogens with one attached hydrogen (secondary N) is 1. The van der Waals surface area contributed by atoms with Gasteiger partial charge in [0.25, 0.3) is 0 Å². The zero-order chi connectivity index (χ0) is 13.7. The predicted octanol–water partition coefficient (Wildman–Crippen LogP) is 2.94. The SMILES string of the molecule is CCNCc1cncn1C(C)Cc1ccc(F)cc1. The second kappa shape index (κ2) is 6.48. The lowest BCUT2D eigenvalue weighted by Gasteiger charge is -2.17. The first kappa shape index (κ1) is 13.7. The largest absolute Gasteiger partial charge is 0.330 e. The molecule has 3 nitrogen and oxygen atoms in total. The topological polar surface area (TPSA) is 29.9 Å². The van der Waals surface area contributed by atoms with E-state index in [1.807, 2.05) is 24.7 Å². The van der Waals surface area contributed by atoms with Crippen LogP contribution in [0, 0.1) is 5.82 Å². The fourth-order valence-electron chi connectivity index (χ4n) is 2.18. The highest BCUT2D eigenvalue weighted by molar-refractivity contribution is 5.17. The van der Waals surface area contributed by atoms with Gasteiger partial charge in [0.05, 0.1) is 12.0 Å². The van der Waals surface area contributed by atoms with Gasteiger partial charge in [0.15, 0.2) is 0 Å². The van der Waals surface area contributed by atoms with Gasteiger partial charge < -0.3 is 9.88 Å². The summed E-state index contributed by atoms with van der Waals surface area (Å²) in [4.78, 5) is 4.21. The molecule has 1 unspecified atom stereocenters. The average molecular weight is 261 g/mol. The van der Waals surface area contributed by atoms with Crippen LogP contribution in [0.15, 0.2) is 36.8 Å². The van der Waals surface area contributed by atoms with Crippen LogP contribution in [-0.4, -0.2) is 16.1 Å². The maximum atomic E-state index is 12.9. The van der Waals surface area contributed by atoms with E-state index in [1.54, 1.807) is 0 Å². The molecule has 2 rings (SSSR count). The Morgan fingerprint density at radius 3 is 2.74 bits per heavy atom. The third-order valence-corrected chi connectivity index (χ3v) is 3.22. The number of aromatic nitrogens is 2. The van der Waals surface area contributed by atoms with E-state index < -0.39 is 0 Å². The average Bonchev–Trinajstić information content (AvgIpc) is 2.87. The number of rotatable bonds is 6. The second-order valence-corrected chi connectivity index (χ2v) is 4.75. The normalized spacial score (nSPS) is 12.6. The third-order valence-electron chi connectivity index (χ3n) is 3.22. The Balaban J connectivity index is 2.05. The first-order valence-corrected chi connectivity index (χ1v) is 6.66. The van der Waals surface area contributed by atoms with Gasteiger partial charge in [-0.3, -0.25) is 0 Å². The molecule has 19 heavy (non-hydrogen) atoms. The van der Waals surface area contributed by atoms with Crippen molar-refractivity contribution in [3.05, 3.63) is 53.9 Å². The highest BCUT2D eigenvalue weighted by Crippen LogP contribution is 2.16. The lowest BCUT2D eigenvalue weighted by molar-refractivity contribution is 0.513. The maximum Gasteiger partial charge on any atom is 0.123 e. The Labute approximate surface area is 113 Å². The molecule has 0 radical (unpaired) electrons. The summed E-state index contributed by atoms with van der Waals surface area (Å²) in [6.07, 6.45) is 4.63. The van der Waals surface area contributed by atoms with Crippen molar-refractivity contribution in [2.75, 3.05) is 6.54 Å². The summed E-state index contributed by atoms with van der Waals surface area (Å²) in [5.41, 5.74) is 2.31. The Morgan fingerprint density at radius 1 is 1.32 bits per heavy atom. The van der Waals surface area contributed by atoms with E-state index >= 15 is 0 Å². The fourth-order valence-corrected chi connectivity index (χ4v) is 2.18. The molecular weight excluding hydrogens is 241 g/mol. The zero-order valence-electron chi connectivity index (χ0n) is 11.4. The van der Waals surface area contributed by atoms with Gasteiger partial charge in [0, 0.05) is 18.8 Å². The van der Waals surface area contributed by atoms with Crippen molar-refractivity contribution in [2.24, 2.45) is 0 Å². The van der Waals surface area contributed by atoms with E-state index in [9.17, 15) is 4.39 Å². The molecule has 102 valence electrons. The molecular formula is C15H20FN3. The highest BCUT2D eigenvalue weighted by atomic mass is 19.1. The molecule has 2 aromatic rings. The van der Waals surface area contributed by atoms with E-state index in [2.05, 4.69) is 28.7 Å². The minimum absolute atomic E-state index is 0.188. The number of hydrogen-bond donors (Lipinski definition) is 1. The zero-order valence-corrected chi connectivity index (χ0v) is 11.4. The van der Waals surface area contributed by atoms with Gasteiger partial charge in [0.1, 0.15) is 5.82 Å². The standard InChI is InChI=1S/C15H20FN3/c1-3-17-9-15-10-18-11-19(15)12(2)8-13-4-6-14(16)7-5-13/h4-7,10-12,17H,3,8-9H2,1-2H3. The van der Waals surface area contributed by atoms with Crippen LogP contribution in [0.2, 0.25) is 0 Å². The Morgan fingerprint density at radius 2 is 2.05 bits per heavy atom. The summed E-state index contributed by atoms with van der Waals surface area (Å²) in [5, 5.41) is 3.31. The van der Waals surface area contributed by atoms with Gasteiger partial charge in [-0.05, 0) is 37.6 Å². The van der Waals surface area contributed by atoms with E-state index in [0.717, 1.165) is 25.1 Å². The summed E-state index contributed by atoms with van der Waals surface area (Å²) in [6, 6.07) is 7.01. The monoisotopic (exact) mass is 261 g/mol. The Hall–Kier alpha value is -1.68. The van der Waals surface area contributed by atoms with E-state index in [0.29, 0.717) is 6.04 Å². The Bertz CT molecular complexity index is 504. The molecule has 0 aliphatic heterocycles. The Kier molecular flexibility index (Phi) is 4.68. The van der Waals surface area contributed by atoms with Gasteiger partial charge in [-0.15, -0.1) is 0 Å². The van der Waals surface area contributed by atoms with Gasteiger partial charge in [-0.1, -0.05) is 19.1 Å². The number of hydrogen-bond acceptors (Lipinski definition) is 2. The molecule has 1 aromatic heterocycles. The third kappa shape index (κ3) is 3.64. The van der Waals surface area contributed by atoms with Crippen LogP contribution >= 0.6 is 0 Å². The highest BCUT2D eigenvalue weighted by Gasteiger charge is 2.10. The molecule has 0 amide bonds. The molecule has 1 heterocycles. The molecule has 0 fully saturated rings. The molecule has 1 N–H and O–H groups in total. The molecule has 0 bridgehead atoms. The minimum atomic E-state index is -0.188. The van der Waals surface area contributed by atoms with E-state index in [4.69, 9.17) is 0 Å². The predicted molar refractivity (Wildman–Crippen MR) is 74.4 cm³/mol. The quantitative estimate of drug-likeness (QED) is 0.866. The van der Waals surface area contributed by atoms with Crippen LogP contribution in [0.1, 0.15) is 31.1 Å². The molecule has 0 saturated carbocycles. The summed E-state index contributed by atoms with van der Waals surface area (Å²) in [6.45, 7) is 6.00. The number of benzene rings is 1. The van der Waals surface area contributed by atoms with Crippen molar-refractivity contribution >= 4 is 0 Å². The molecule has 1 atom stereocenters. The molecule has 0 spiro atoms. The maximum absolute atomic E-state index is 12.9. The van der Waals surface area contributed by atoms with Crippen molar-refractivity contribution in [1.29, 1.82) is 0 Å². The van der Waals surface area contributed by atoms with Crippen molar-refractivity contribution in [3.63, 3.8) is 0 Å². The van der Waals surface area contributed by atoms with Gasteiger partial charge in [0.2, 0.25) is 0 Å². The van der Waals surface area contributed by atoms with Crippen LogP contribution in [0.25, 0.3) is 0 Å². The van der Waals surface area contributed by atoms with Crippen molar-refractivity contribution in [3.8, 4) is 0 Å². The van der Waals surface area contributed by atoms with Gasteiger partial charge >= 0.3 is 0 Å². The van der Waals surface area contributed by atoms with Gasteiger partial charge in [-0.2, -0.15) is 0 Å². The summed E-state index contributed by atoms with van der Waals surface area (Å²) < 4.78 is 15.1. The molecule has 4 heteroatoms. The fraction of sp³-hybridized carbons (Fsp3) is 0.400. The van der Waals surface area contributed by atoms with Crippen LogP contribution in [-0.2, 0) is 13.0 Å². The van der Waals surface area contributed by atoms with E-state index in [-0.39, 0.29) is 5.82 Å². The molecule has 0 aliphatic rings. The number of halogens is 1. The van der Waals surface area contributed by atoms with Gasteiger partial charge in [-0.25, -0.2) is 9.37 Å². The van der Waals surface area contributed by atoms with Crippen molar-refractivity contribution < 1.29 is 4.39 Å². The second-order valence-electron chi connectivity index (χ2n) is 4.75. The molecule has 1 aromatic carbocycles. The summed E-state index contributed by atoms with van der Waals surface area (Å²) >= 11 is 0. The lowest BCUT2D eigenvalue weighted by Crippen LogP contribution is -2.17. The smallest absolute Gasteiger partial charge is 0.123 e.